The van der Waals surface area contributed by atoms with Crippen molar-refractivity contribution in [2.75, 3.05) is 19.0 Å². The Hall–Kier alpha value is -4.60. The molecule has 5 rings (SSSR count). The first-order valence-electron chi connectivity index (χ1n) is 13.8. The van der Waals surface area contributed by atoms with Crippen LogP contribution in [0.15, 0.2) is 70.8 Å². The van der Waals surface area contributed by atoms with Crippen LogP contribution in [0.5, 0.6) is 5.75 Å². The Bertz CT molecular complexity index is 1720. The van der Waals surface area contributed by atoms with Crippen molar-refractivity contribution in [2.45, 2.75) is 32.9 Å². The van der Waals surface area contributed by atoms with Gasteiger partial charge in [0.05, 0.1) is 17.8 Å². The molecule has 1 saturated heterocycles. The van der Waals surface area contributed by atoms with Crippen molar-refractivity contribution in [3.8, 4) is 28.0 Å². The topological polar surface area (TPSA) is 100 Å². The number of nitrogens with one attached hydrogen (secondary N) is 3. The minimum absolute atomic E-state index is 0.0162. The summed E-state index contributed by atoms with van der Waals surface area (Å²) in [6, 6.07) is 16.5. The average molecular weight is 599 g/mol. The number of aromatic nitrogens is 1. The van der Waals surface area contributed by atoms with Gasteiger partial charge in [-0.3, -0.25) is 14.8 Å². The smallest absolute Gasteiger partial charge is 0.221 e. The van der Waals surface area contributed by atoms with Gasteiger partial charge in [0, 0.05) is 60.3 Å². The summed E-state index contributed by atoms with van der Waals surface area (Å²) in [6.45, 7) is 8.27. The molecular formula is C33H32ClFN6O2. The molecule has 1 aromatic heterocycles. The highest BCUT2D eigenvalue weighted by molar-refractivity contribution is 6.36. The number of ether oxygens (including phenoxy) is 1. The molecule has 3 N–H and O–H groups in total. The van der Waals surface area contributed by atoms with E-state index in [1.807, 2.05) is 50.2 Å². The number of methoxy groups -OCH3 is 1. The van der Waals surface area contributed by atoms with E-state index in [-0.39, 0.29) is 18.5 Å². The summed E-state index contributed by atoms with van der Waals surface area (Å²) in [5, 5.41) is 9.87. The number of aliphatic imine (C=N–C) groups is 2. The van der Waals surface area contributed by atoms with E-state index < -0.39 is 5.82 Å². The normalized spacial score (nSPS) is 14.6. The molecule has 0 radical (unpaired) electrons. The summed E-state index contributed by atoms with van der Waals surface area (Å²) in [6.07, 6.45) is 3.72. The predicted octanol–water partition coefficient (Wildman–Crippen LogP) is 7.30. The van der Waals surface area contributed by atoms with Crippen LogP contribution in [0.4, 0.5) is 27.3 Å². The van der Waals surface area contributed by atoms with Crippen LogP contribution in [0.3, 0.4) is 0 Å². The molecule has 0 unspecified atom stereocenters. The van der Waals surface area contributed by atoms with Crippen molar-refractivity contribution in [1.29, 1.82) is 0 Å². The maximum atomic E-state index is 15.5. The van der Waals surface area contributed by atoms with Crippen molar-refractivity contribution in [2.24, 2.45) is 9.98 Å². The predicted molar refractivity (Wildman–Crippen MR) is 172 cm³/mol. The Labute approximate surface area is 255 Å². The summed E-state index contributed by atoms with van der Waals surface area (Å²) in [5.74, 6) is 0.498. The molecule has 1 atom stereocenters. The molecule has 1 aliphatic heterocycles. The van der Waals surface area contributed by atoms with Crippen molar-refractivity contribution < 1.29 is 13.9 Å². The third kappa shape index (κ3) is 6.28. The van der Waals surface area contributed by atoms with Gasteiger partial charge >= 0.3 is 0 Å². The molecule has 8 nitrogen and oxygen atoms in total. The lowest BCUT2D eigenvalue weighted by molar-refractivity contribution is -0.119. The first kappa shape index (κ1) is 29.9. The number of amides is 1. The van der Waals surface area contributed by atoms with Crippen LogP contribution in [0.1, 0.15) is 24.5 Å². The van der Waals surface area contributed by atoms with Crippen molar-refractivity contribution in [1.82, 2.24) is 15.6 Å². The maximum absolute atomic E-state index is 15.5. The van der Waals surface area contributed by atoms with Crippen molar-refractivity contribution >= 4 is 53.3 Å². The zero-order valence-corrected chi connectivity index (χ0v) is 24.9. The quantitative estimate of drug-likeness (QED) is 0.166. The number of benzene rings is 3. The first-order valence-corrected chi connectivity index (χ1v) is 14.2. The van der Waals surface area contributed by atoms with Gasteiger partial charge in [-0.15, -0.1) is 0 Å². The van der Waals surface area contributed by atoms with E-state index in [9.17, 15) is 4.79 Å². The van der Waals surface area contributed by atoms with Crippen LogP contribution >= 0.6 is 11.6 Å². The number of rotatable bonds is 10. The zero-order valence-electron chi connectivity index (χ0n) is 24.2. The summed E-state index contributed by atoms with van der Waals surface area (Å²) in [7, 11) is 1.51. The summed E-state index contributed by atoms with van der Waals surface area (Å²) in [4.78, 5) is 24.5. The minimum Gasteiger partial charge on any atom is -0.496 e. The lowest BCUT2D eigenvalue weighted by atomic mass is 9.94. The molecule has 4 aromatic rings. The molecule has 1 aliphatic rings. The number of halogens is 2. The fourth-order valence-corrected chi connectivity index (χ4v) is 5.54. The number of anilines is 2. The van der Waals surface area contributed by atoms with Crippen LogP contribution in [0.25, 0.3) is 22.3 Å². The Morgan fingerprint density at radius 2 is 1.95 bits per heavy atom. The van der Waals surface area contributed by atoms with Gasteiger partial charge in [-0.05, 0) is 61.5 Å². The number of pyridine rings is 1. The second-order valence-electron chi connectivity index (χ2n) is 10.1. The largest absolute Gasteiger partial charge is 0.496 e. The highest BCUT2D eigenvalue weighted by Gasteiger charge is 2.23. The molecule has 1 amide bonds. The number of carbonyl (C=O) groups is 1. The van der Waals surface area contributed by atoms with E-state index in [1.54, 1.807) is 24.5 Å². The molecule has 1 fully saturated rings. The number of hydrogen-bond acceptors (Lipinski definition) is 7. The molecule has 3 aromatic carbocycles. The molecule has 0 spiro atoms. The lowest BCUT2D eigenvalue weighted by Gasteiger charge is -2.18. The Kier molecular flexibility index (Phi) is 9.13. The van der Waals surface area contributed by atoms with Crippen molar-refractivity contribution in [3.05, 3.63) is 82.8 Å². The highest BCUT2D eigenvalue weighted by Crippen LogP contribution is 2.42. The fourth-order valence-electron chi connectivity index (χ4n) is 5.20. The van der Waals surface area contributed by atoms with Gasteiger partial charge in [0.1, 0.15) is 17.3 Å². The minimum atomic E-state index is -0.420. The van der Waals surface area contributed by atoms with E-state index in [0.29, 0.717) is 57.6 Å². The third-order valence-electron chi connectivity index (χ3n) is 7.44. The van der Waals surface area contributed by atoms with E-state index in [0.717, 1.165) is 22.4 Å². The van der Waals surface area contributed by atoms with Gasteiger partial charge < -0.3 is 20.7 Å². The maximum Gasteiger partial charge on any atom is 0.221 e. The summed E-state index contributed by atoms with van der Waals surface area (Å²) >= 11 is 7.03. The molecule has 0 bridgehead atoms. The molecule has 43 heavy (non-hydrogen) atoms. The fraction of sp³-hybridized carbons (Fsp3) is 0.212. The summed E-state index contributed by atoms with van der Waals surface area (Å²) < 4.78 is 21.0. The van der Waals surface area contributed by atoms with Gasteiger partial charge in [0.2, 0.25) is 5.91 Å². The Balaban J connectivity index is 1.47. The first-order chi connectivity index (χ1) is 20.8. The SMILES string of the molecule is C=Nc1c(/N=C\C)ccnc1Nc1cccc(-c2cccc(-c3cc(F)c(CN[C@@H]4CNC(=O)C4)c(OC)c3)c2Cl)c1C. The van der Waals surface area contributed by atoms with Crippen LogP contribution in [0.2, 0.25) is 5.02 Å². The lowest BCUT2D eigenvalue weighted by Crippen LogP contribution is -2.30. The number of carbonyl (C=O) groups excluding carboxylic acids is 1. The van der Waals surface area contributed by atoms with Crippen LogP contribution in [-0.4, -0.2) is 43.5 Å². The van der Waals surface area contributed by atoms with Gasteiger partial charge in [-0.2, -0.15) is 0 Å². The Morgan fingerprint density at radius 1 is 1.19 bits per heavy atom. The monoisotopic (exact) mass is 598 g/mol. The van der Waals surface area contributed by atoms with Gasteiger partial charge in [0.25, 0.3) is 0 Å². The molecule has 0 saturated carbocycles. The van der Waals surface area contributed by atoms with Crippen LogP contribution < -0.4 is 20.7 Å². The van der Waals surface area contributed by atoms with E-state index in [4.69, 9.17) is 16.3 Å². The zero-order chi connectivity index (χ0) is 30.5. The Morgan fingerprint density at radius 3 is 2.67 bits per heavy atom. The molecule has 10 heteroatoms. The van der Waals surface area contributed by atoms with Gasteiger partial charge in [-0.1, -0.05) is 41.9 Å². The van der Waals surface area contributed by atoms with E-state index in [1.165, 1.54) is 13.2 Å². The molecule has 0 aliphatic carbocycles. The second kappa shape index (κ2) is 13.1. The standard InChI is InChI=1S/C33H32ClFN6O2/c1-5-37-28-12-13-38-33(32(28)36-3)41-27-11-7-8-22(19(27)2)24-10-6-9-23(31(24)34)20-14-26(35)25(29(15-20)43-4)18-39-21-16-30(42)40-17-21/h5-15,21,39H,3,16-18H2,1-2,4H3,(H,38,41)(H,40,42)/b37-5-/t21-/m0/s1. The van der Waals surface area contributed by atoms with E-state index >= 15 is 4.39 Å². The average Bonchev–Trinajstić information content (AvgIpc) is 3.42. The summed E-state index contributed by atoms with van der Waals surface area (Å²) in [5.41, 5.74) is 6.32. The van der Waals surface area contributed by atoms with E-state index in [2.05, 4.69) is 37.6 Å². The number of nitrogens with zero attached hydrogens (tertiary/aromatic N) is 3. The van der Waals surface area contributed by atoms with Crippen LogP contribution in [0, 0.1) is 12.7 Å². The van der Waals surface area contributed by atoms with Gasteiger partial charge in [0.15, 0.2) is 5.82 Å². The van der Waals surface area contributed by atoms with Crippen molar-refractivity contribution in [3.63, 3.8) is 0 Å². The highest BCUT2D eigenvalue weighted by atomic mass is 35.5. The molecule has 220 valence electrons. The molecular weight excluding hydrogens is 567 g/mol. The van der Waals surface area contributed by atoms with Crippen LogP contribution in [-0.2, 0) is 11.3 Å². The molecule has 2 heterocycles. The second-order valence-corrected chi connectivity index (χ2v) is 10.4. The number of hydrogen-bond donors (Lipinski definition) is 3. The van der Waals surface area contributed by atoms with Gasteiger partial charge in [-0.25, -0.2) is 9.37 Å². The third-order valence-corrected chi connectivity index (χ3v) is 7.84.